The number of hydrogen-bond donors (Lipinski definition) is 1. The van der Waals surface area contributed by atoms with Gasteiger partial charge >= 0.3 is 6.18 Å². The number of benzene rings is 1. The molecule has 2 saturated heterocycles. The zero-order valence-corrected chi connectivity index (χ0v) is 20.4. The maximum atomic E-state index is 13.4. The van der Waals surface area contributed by atoms with Gasteiger partial charge in [-0.2, -0.15) is 13.2 Å². The van der Waals surface area contributed by atoms with Gasteiger partial charge in [-0.1, -0.05) is 12.1 Å². The summed E-state index contributed by atoms with van der Waals surface area (Å²) in [5.41, 5.74) is 3.40. The van der Waals surface area contributed by atoms with E-state index in [0.717, 1.165) is 48.2 Å². The van der Waals surface area contributed by atoms with Crippen molar-refractivity contribution in [3.05, 3.63) is 82.9 Å². The molecule has 5 nitrogen and oxygen atoms in total. The van der Waals surface area contributed by atoms with E-state index in [1.54, 1.807) is 12.3 Å². The fourth-order valence-electron chi connectivity index (χ4n) is 5.25. The van der Waals surface area contributed by atoms with Crippen LogP contribution < -0.4 is 5.32 Å². The first-order chi connectivity index (χ1) is 16.7. The second-order valence-electron chi connectivity index (χ2n) is 9.12. The molecule has 184 valence electrons. The third kappa shape index (κ3) is 4.54. The van der Waals surface area contributed by atoms with Crippen molar-refractivity contribution in [2.45, 2.75) is 51.1 Å². The molecule has 4 heterocycles. The highest BCUT2D eigenvalue weighted by Crippen LogP contribution is 2.42. The topological polar surface area (TPSA) is 42.3 Å². The summed E-state index contributed by atoms with van der Waals surface area (Å²) in [6.45, 7) is 5.26. The SMILES string of the molecule is Cc1cc([C@@H]2[C@@H](c3ccccn3)NC(=S)N2C[C@H]2CCCO2)c(C)n1-c1cccc(C(F)(F)F)c1. The Morgan fingerprint density at radius 2 is 1.97 bits per heavy atom. The van der Waals surface area contributed by atoms with Crippen LogP contribution in [0.5, 0.6) is 0 Å². The van der Waals surface area contributed by atoms with E-state index in [2.05, 4.69) is 15.2 Å². The highest BCUT2D eigenvalue weighted by Gasteiger charge is 2.42. The number of hydrogen-bond acceptors (Lipinski definition) is 3. The maximum absolute atomic E-state index is 13.4. The summed E-state index contributed by atoms with van der Waals surface area (Å²) in [5, 5.41) is 4.08. The maximum Gasteiger partial charge on any atom is 0.416 e. The van der Waals surface area contributed by atoms with Crippen LogP contribution in [0.2, 0.25) is 0 Å². The Balaban J connectivity index is 1.59. The Kier molecular flexibility index (Phi) is 6.31. The van der Waals surface area contributed by atoms with Gasteiger partial charge in [0.05, 0.1) is 29.4 Å². The zero-order chi connectivity index (χ0) is 24.7. The average Bonchev–Trinajstić information content (AvgIpc) is 3.53. The van der Waals surface area contributed by atoms with Crippen LogP contribution in [0.1, 0.15) is 53.1 Å². The van der Waals surface area contributed by atoms with Gasteiger partial charge in [0, 0.05) is 36.4 Å². The van der Waals surface area contributed by atoms with Crippen molar-refractivity contribution in [2.24, 2.45) is 0 Å². The molecule has 0 spiro atoms. The van der Waals surface area contributed by atoms with Crippen LogP contribution in [0.4, 0.5) is 13.2 Å². The zero-order valence-electron chi connectivity index (χ0n) is 19.5. The first-order valence-electron chi connectivity index (χ1n) is 11.7. The molecule has 2 aromatic heterocycles. The minimum Gasteiger partial charge on any atom is -0.376 e. The molecule has 35 heavy (non-hydrogen) atoms. The van der Waals surface area contributed by atoms with Gasteiger partial charge in [-0.3, -0.25) is 4.98 Å². The highest BCUT2D eigenvalue weighted by atomic mass is 32.1. The van der Waals surface area contributed by atoms with Crippen molar-refractivity contribution in [3.8, 4) is 5.69 Å². The first kappa shape index (κ1) is 23.8. The van der Waals surface area contributed by atoms with E-state index < -0.39 is 11.7 Å². The number of thiocarbonyl (C=S) groups is 1. The van der Waals surface area contributed by atoms with Crippen LogP contribution in [-0.2, 0) is 10.9 Å². The minimum absolute atomic E-state index is 0.0895. The molecule has 3 atom stereocenters. The van der Waals surface area contributed by atoms with Gasteiger partial charge in [0.1, 0.15) is 0 Å². The van der Waals surface area contributed by atoms with Crippen LogP contribution in [0, 0.1) is 13.8 Å². The van der Waals surface area contributed by atoms with Gasteiger partial charge in [-0.25, -0.2) is 0 Å². The number of rotatable bonds is 5. The molecule has 1 aromatic carbocycles. The highest BCUT2D eigenvalue weighted by molar-refractivity contribution is 7.80. The van der Waals surface area contributed by atoms with Gasteiger partial charge in [0.25, 0.3) is 0 Å². The summed E-state index contributed by atoms with van der Waals surface area (Å²) in [4.78, 5) is 6.74. The lowest BCUT2D eigenvalue weighted by atomic mass is 9.96. The normalized spacial score (nSPS) is 22.6. The van der Waals surface area contributed by atoms with E-state index in [0.29, 0.717) is 17.3 Å². The third-order valence-electron chi connectivity index (χ3n) is 6.84. The van der Waals surface area contributed by atoms with E-state index in [9.17, 15) is 13.2 Å². The Hall–Kier alpha value is -2.91. The Morgan fingerprint density at radius 1 is 1.14 bits per heavy atom. The smallest absolute Gasteiger partial charge is 0.376 e. The summed E-state index contributed by atoms with van der Waals surface area (Å²) in [6.07, 6.45) is -0.560. The second kappa shape index (κ2) is 9.28. The van der Waals surface area contributed by atoms with Gasteiger partial charge in [0.2, 0.25) is 0 Å². The van der Waals surface area contributed by atoms with Gasteiger partial charge in [-0.15, -0.1) is 0 Å². The Morgan fingerprint density at radius 3 is 2.66 bits per heavy atom. The van der Waals surface area contributed by atoms with Crippen LogP contribution >= 0.6 is 12.2 Å². The average molecular weight is 501 g/mol. The van der Waals surface area contributed by atoms with E-state index in [-0.39, 0.29) is 18.2 Å². The number of ether oxygens (including phenoxy) is 1. The van der Waals surface area contributed by atoms with Crippen molar-refractivity contribution < 1.29 is 17.9 Å². The molecule has 9 heteroatoms. The summed E-state index contributed by atoms with van der Waals surface area (Å²) in [7, 11) is 0. The summed E-state index contributed by atoms with van der Waals surface area (Å²) in [5.74, 6) is 0. The molecule has 2 aliphatic rings. The second-order valence-corrected chi connectivity index (χ2v) is 9.51. The van der Waals surface area contributed by atoms with E-state index in [1.807, 2.05) is 42.7 Å². The van der Waals surface area contributed by atoms with Crippen LogP contribution in [-0.4, -0.2) is 38.8 Å². The van der Waals surface area contributed by atoms with Gasteiger partial charge in [0.15, 0.2) is 5.11 Å². The molecule has 5 rings (SSSR count). The molecular weight excluding hydrogens is 473 g/mol. The number of nitrogens with zero attached hydrogens (tertiary/aromatic N) is 3. The van der Waals surface area contributed by atoms with Crippen molar-refractivity contribution in [1.82, 2.24) is 19.8 Å². The number of aryl methyl sites for hydroxylation is 1. The standard InChI is InChI=1S/C26H27F3N4OS/c1-16-13-21(17(2)33(16)19-8-5-7-18(14-19)26(27,28)29)24-23(22-10-3-4-11-30-22)31-25(35)32(24)15-20-9-6-12-34-20/h3-5,7-8,10-11,13-14,20,23-24H,6,9,12,15H2,1-2H3,(H,31,35)/t20-,23-,24-/m1/s1. The van der Waals surface area contributed by atoms with E-state index in [1.165, 1.54) is 12.1 Å². The Labute approximate surface area is 207 Å². The van der Waals surface area contributed by atoms with Crippen LogP contribution in [0.3, 0.4) is 0 Å². The monoisotopic (exact) mass is 500 g/mol. The largest absolute Gasteiger partial charge is 0.416 e. The molecule has 0 saturated carbocycles. The lowest BCUT2D eigenvalue weighted by Crippen LogP contribution is -2.36. The van der Waals surface area contributed by atoms with Crippen molar-refractivity contribution in [2.75, 3.05) is 13.2 Å². The first-order valence-corrected chi connectivity index (χ1v) is 12.1. The molecule has 0 unspecified atom stereocenters. The fourth-order valence-corrected chi connectivity index (χ4v) is 5.57. The quantitative estimate of drug-likeness (QED) is 0.458. The van der Waals surface area contributed by atoms with Crippen molar-refractivity contribution >= 4 is 17.3 Å². The Bertz CT molecular complexity index is 1220. The molecule has 0 bridgehead atoms. The molecule has 0 amide bonds. The number of halogens is 3. The van der Waals surface area contributed by atoms with Gasteiger partial charge < -0.3 is 19.5 Å². The third-order valence-corrected chi connectivity index (χ3v) is 7.20. The molecule has 0 aliphatic carbocycles. The lowest BCUT2D eigenvalue weighted by Gasteiger charge is -2.30. The van der Waals surface area contributed by atoms with E-state index in [4.69, 9.17) is 17.0 Å². The molecular formula is C26H27F3N4OS. The van der Waals surface area contributed by atoms with Crippen LogP contribution in [0.25, 0.3) is 5.69 Å². The number of alkyl halides is 3. The molecule has 1 N–H and O–H groups in total. The lowest BCUT2D eigenvalue weighted by molar-refractivity contribution is -0.137. The predicted octanol–water partition coefficient (Wildman–Crippen LogP) is 5.66. The minimum atomic E-state index is -4.41. The molecule has 0 radical (unpaired) electrons. The fraction of sp³-hybridized carbons (Fsp3) is 0.385. The summed E-state index contributed by atoms with van der Waals surface area (Å²) in [6, 6.07) is 12.9. The number of aromatic nitrogens is 2. The number of pyridine rings is 1. The van der Waals surface area contributed by atoms with Gasteiger partial charge in [-0.05, 0) is 80.9 Å². The molecule has 3 aromatic rings. The van der Waals surface area contributed by atoms with Crippen molar-refractivity contribution in [1.29, 1.82) is 0 Å². The van der Waals surface area contributed by atoms with Crippen molar-refractivity contribution in [3.63, 3.8) is 0 Å². The molecule has 2 aliphatic heterocycles. The number of nitrogens with one attached hydrogen (secondary N) is 1. The summed E-state index contributed by atoms with van der Waals surface area (Å²) < 4.78 is 48.0. The van der Waals surface area contributed by atoms with E-state index >= 15 is 0 Å². The molecule has 2 fully saturated rings. The predicted molar refractivity (Wildman–Crippen MR) is 131 cm³/mol. The van der Waals surface area contributed by atoms with Crippen LogP contribution in [0.15, 0.2) is 54.7 Å². The summed E-state index contributed by atoms with van der Waals surface area (Å²) >= 11 is 5.76.